The van der Waals surface area contributed by atoms with E-state index in [-0.39, 0.29) is 11.7 Å². The van der Waals surface area contributed by atoms with E-state index in [1.165, 1.54) is 0 Å². The highest BCUT2D eigenvalue weighted by atomic mass is 16.4. The van der Waals surface area contributed by atoms with Crippen molar-refractivity contribution in [2.75, 3.05) is 11.9 Å². The van der Waals surface area contributed by atoms with Gasteiger partial charge in [0.1, 0.15) is 11.4 Å². The summed E-state index contributed by atoms with van der Waals surface area (Å²) >= 11 is 0. The molecule has 106 valence electrons. The van der Waals surface area contributed by atoms with Crippen LogP contribution in [0.25, 0.3) is 0 Å². The minimum Gasteiger partial charge on any atom is -0.477 e. The van der Waals surface area contributed by atoms with Crippen LogP contribution in [0.2, 0.25) is 0 Å². The van der Waals surface area contributed by atoms with Gasteiger partial charge in [0, 0.05) is 13.6 Å². The molecular weight excluding hydrogens is 246 g/mol. The Morgan fingerprint density at radius 3 is 2.63 bits per heavy atom. The molecule has 0 aliphatic heterocycles. The van der Waals surface area contributed by atoms with E-state index in [4.69, 9.17) is 0 Å². The minimum atomic E-state index is -0.952. The molecular formula is C13H21N3O3. The number of aromatic nitrogens is 2. The van der Waals surface area contributed by atoms with E-state index in [1.54, 1.807) is 18.7 Å². The number of hydrogen-bond acceptors (Lipinski definition) is 4. The van der Waals surface area contributed by atoms with Gasteiger partial charge in [-0.05, 0) is 38.5 Å². The van der Waals surface area contributed by atoms with Gasteiger partial charge in [0.05, 0.1) is 11.8 Å². The minimum absolute atomic E-state index is 0.162. The molecule has 6 nitrogen and oxygen atoms in total. The van der Waals surface area contributed by atoms with Crippen LogP contribution in [0.4, 0.5) is 5.82 Å². The first kappa shape index (κ1) is 13.9. The molecule has 1 fully saturated rings. The Hall–Kier alpha value is -1.56. The fraction of sp³-hybridized carbons (Fsp3) is 0.692. The molecule has 0 atom stereocenters. The summed E-state index contributed by atoms with van der Waals surface area (Å²) in [4.78, 5) is 11.2. The van der Waals surface area contributed by atoms with Crippen molar-refractivity contribution in [1.29, 1.82) is 0 Å². The number of carboxylic acid groups (broad SMARTS) is 1. The van der Waals surface area contributed by atoms with E-state index >= 15 is 0 Å². The van der Waals surface area contributed by atoms with Crippen molar-refractivity contribution in [3.63, 3.8) is 0 Å². The van der Waals surface area contributed by atoms with Crippen molar-refractivity contribution in [2.24, 2.45) is 13.0 Å². The molecule has 0 radical (unpaired) electrons. The summed E-state index contributed by atoms with van der Waals surface area (Å²) in [5.41, 5.74) is 0.773. The summed E-state index contributed by atoms with van der Waals surface area (Å²) < 4.78 is 1.58. The number of carbonyl (C=O) groups is 1. The smallest absolute Gasteiger partial charge is 0.341 e. The van der Waals surface area contributed by atoms with Crippen LogP contribution in [0, 0.1) is 12.8 Å². The van der Waals surface area contributed by atoms with Crippen molar-refractivity contribution in [1.82, 2.24) is 9.78 Å². The Morgan fingerprint density at radius 1 is 1.42 bits per heavy atom. The Bertz CT molecular complexity index is 462. The Kier molecular flexibility index (Phi) is 4.09. The van der Waals surface area contributed by atoms with Crippen molar-refractivity contribution in [2.45, 2.75) is 38.7 Å². The second kappa shape index (κ2) is 5.61. The number of nitrogens with zero attached hydrogens (tertiary/aromatic N) is 2. The van der Waals surface area contributed by atoms with Crippen LogP contribution in [0.15, 0.2) is 0 Å². The van der Waals surface area contributed by atoms with Crippen molar-refractivity contribution in [3.05, 3.63) is 11.3 Å². The van der Waals surface area contributed by atoms with Crippen LogP contribution in [-0.4, -0.2) is 38.6 Å². The van der Waals surface area contributed by atoms with E-state index in [9.17, 15) is 15.0 Å². The molecule has 0 bridgehead atoms. The molecule has 0 aromatic carbocycles. The Morgan fingerprint density at radius 2 is 2.05 bits per heavy atom. The van der Waals surface area contributed by atoms with E-state index in [1.807, 2.05) is 0 Å². The second-order valence-electron chi connectivity index (χ2n) is 5.29. The zero-order valence-corrected chi connectivity index (χ0v) is 11.4. The lowest BCUT2D eigenvalue weighted by Gasteiger charge is -2.25. The summed E-state index contributed by atoms with van der Waals surface area (Å²) in [5, 5.41) is 26.0. The van der Waals surface area contributed by atoms with Gasteiger partial charge in [-0.15, -0.1) is 0 Å². The fourth-order valence-corrected chi connectivity index (χ4v) is 2.71. The fourth-order valence-electron chi connectivity index (χ4n) is 2.71. The molecule has 0 unspecified atom stereocenters. The molecule has 19 heavy (non-hydrogen) atoms. The van der Waals surface area contributed by atoms with E-state index in [0.29, 0.717) is 17.4 Å². The lowest BCUT2D eigenvalue weighted by atomic mass is 9.87. The van der Waals surface area contributed by atoms with Crippen LogP contribution in [-0.2, 0) is 7.05 Å². The number of hydrogen-bond donors (Lipinski definition) is 3. The molecule has 0 saturated heterocycles. The quantitative estimate of drug-likeness (QED) is 0.767. The predicted octanol–water partition coefficient (Wildman–Crippen LogP) is 1.39. The molecule has 0 spiro atoms. The third kappa shape index (κ3) is 3.07. The molecule has 2 rings (SSSR count). The van der Waals surface area contributed by atoms with Gasteiger partial charge in [-0.2, -0.15) is 5.10 Å². The Labute approximate surface area is 112 Å². The number of aliphatic hydroxyl groups is 1. The molecule has 1 aromatic rings. The molecule has 1 aromatic heterocycles. The number of aromatic carboxylic acids is 1. The lowest BCUT2D eigenvalue weighted by molar-refractivity contribution is 0.0697. The first-order valence-electron chi connectivity index (χ1n) is 6.68. The summed E-state index contributed by atoms with van der Waals surface area (Å²) in [6, 6.07) is 0. The maximum Gasteiger partial charge on any atom is 0.341 e. The molecule has 1 saturated carbocycles. The molecule has 1 aliphatic carbocycles. The van der Waals surface area contributed by atoms with Gasteiger partial charge in [0.25, 0.3) is 0 Å². The van der Waals surface area contributed by atoms with Crippen LogP contribution in [0.5, 0.6) is 0 Å². The zero-order chi connectivity index (χ0) is 14.0. The average molecular weight is 267 g/mol. The van der Waals surface area contributed by atoms with Gasteiger partial charge < -0.3 is 15.5 Å². The van der Waals surface area contributed by atoms with Gasteiger partial charge >= 0.3 is 5.97 Å². The molecule has 3 N–H and O–H groups in total. The van der Waals surface area contributed by atoms with Gasteiger partial charge in [-0.1, -0.05) is 0 Å². The Balaban J connectivity index is 2.01. The third-order valence-corrected chi connectivity index (χ3v) is 3.81. The summed E-state index contributed by atoms with van der Waals surface area (Å²) in [5.74, 6) is 0.100. The lowest BCUT2D eigenvalue weighted by Crippen LogP contribution is -2.24. The maximum absolute atomic E-state index is 11.2. The number of aliphatic hydroxyl groups excluding tert-OH is 1. The average Bonchev–Trinajstić information content (AvgIpc) is 2.63. The number of nitrogens with one attached hydrogen (secondary N) is 1. The summed E-state index contributed by atoms with van der Waals surface area (Å²) in [6.45, 7) is 2.43. The van der Waals surface area contributed by atoms with Crippen molar-refractivity contribution >= 4 is 11.8 Å². The number of anilines is 1. The van der Waals surface area contributed by atoms with E-state index < -0.39 is 5.97 Å². The zero-order valence-electron chi connectivity index (χ0n) is 11.4. The highest BCUT2D eigenvalue weighted by Crippen LogP contribution is 2.25. The topological polar surface area (TPSA) is 87.4 Å². The monoisotopic (exact) mass is 267 g/mol. The second-order valence-corrected chi connectivity index (χ2v) is 5.29. The van der Waals surface area contributed by atoms with Crippen LogP contribution < -0.4 is 5.32 Å². The number of carboxylic acids is 1. The molecule has 0 amide bonds. The molecule has 1 heterocycles. The van der Waals surface area contributed by atoms with Gasteiger partial charge in [0.15, 0.2) is 0 Å². The van der Waals surface area contributed by atoms with Crippen LogP contribution >= 0.6 is 0 Å². The van der Waals surface area contributed by atoms with Gasteiger partial charge in [-0.25, -0.2) is 4.79 Å². The van der Waals surface area contributed by atoms with Gasteiger partial charge in [0.2, 0.25) is 0 Å². The standard InChI is InChI=1S/C13H21N3O3/c1-8-11(13(18)19)12(16(2)15-8)14-7-9-3-5-10(17)6-4-9/h9-10,14,17H,3-7H2,1-2H3,(H,18,19). The first-order valence-corrected chi connectivity index (χ1v) is 6.68. The molecule has 1 aliphatic rings. The summed E-state index contributed by atoms with van der Waals surface area (Å²) in [7, 11) is 1.74. The van der Waals surface area contributed by atoms with Gasteiger partial charge in [-0.3, -0.25) is 4.68 Å². The number of aryl methyl sites for hydroxylation is 2. The largest absolute Gasteiger partial charge is 0.477 e. The van der Waals surface area contributed by atoms with Crippen molar-refractivity contribution < 1.29 is 15.0 Å². The van der Waals surface area contributed by atoms with Crippen LogP contribution in [0.1, 0.15) is 41.7 Å². The highest BCUT2D eigenvalue weighted by molar-refractivity contribution is 5.94. The maximum atomic E-state index is 11.2. The summed E-state index contributed by atoms with van der Waals surface area (Å²) in [6.07, 6.45) is 3.47. The van der Waals surface area contributed by atoms with Crippen LogP contribution in [0.3, 0.4) is 0 Å². The normalized spacial score (nSPS) is 23.3. The van der Waals surface area contributed by atoms with E-state index in [2.05, 4.69) is 10.4 Å². The first-order chi connectivity index (χ1) is 8.99. The highest BCUT2D eigenvalue weighted by Gasteiger charge is 2.22. The SMILES string of the molecule is Cc1nn(C)c(NCC2CCC(O)CC2)c1C(=O)O. The predicted molar refractivity (Wildman–Crippen MR) is 71.4 cm³/mol. The molecule has 6 heteroatoms. The van der Waals surface area contributed by atoms with Crippen molar-refractivity contribution in [3.8, 4) is 0 Å². The number of rotatable bonds is 4. The van der Waals surface area contributed by atoms with E-state index in [0.717, 1.165) is 32.2 Å². The third-order valence-electron chi connectivity index (χ3n) is 3.81.